The van der Waals surface area contributed by atoms with Crippen molar-refractivity contribution in [2.45, 2.75) is 47.1 Å². The first kappa shape index (κ1) is 16.9. The minimum atomic E-state index is -0.993. The second-order valence-electron chi connectivity index (χ2n) is 6.08. The molecule has 5 heteroatoms. The molecule has 0 rings (SSSR count). The average Bonchev–Trinajstić information content (AvgIpc) is 2.21. The fourth-order valence-electron chi connectivity index (χ4n) is 1.60. The summed E-state index contributed by atoms with van der Waals surface area (Å²) in [6.07, 6.45) is -0.0304. The Balaban J connectivity index is 4.14. The number of carbonyl (C=O) groups excluding carboxylic acids is 1. The molecule has 0 aromatic rings. The molecule has 0 bridgehead atoms. The van der Waals surface area contributed by atoms with Crippen molar-refractivity contribution in [2.24, 2.45) is 17.3 Å². The highest BCUT2D eigenvalue weighted by molar-refractivity contribution is 5.84. The van der Waals surface area contributed by atoms with Crippen LogP contribution in [0.5, 0.6) is 0 Å². The van der Waals surface area contributed by atoms with Gasteiger partial charge < -0.3 is 15.5 Å². The molecule has 18 heavy (non-hydrogen) atoms. The Morgan fingerprint density at radius 1 is 1.17 bits per heavy atom. The van der Waals surface area contributed by atoms with Crippen LogP contribution < -0.4 is 5.32 Å². The van der Waals surface area contributed by atoms with Crippen LogP contribution in [-0.2, 0) is 9.59 Å². The van der Waals surface area contributed by atoms with E-state index in [0.29, 0.717) is 6.42 Å². The molecule has 0 heterocycles. The summed E-state index contributed by atoms with van der Waals surface area (Å²) in [6, 6.07) is 0. The van der Waals surface area contributed by atoms with E-state index in [1.807, 2.05) is 20.8 Å². The van der Waals surface area contributed by atoms with E-state index < -0.39 is 23.9 Å². The molecule has 0 fully saturated rings. The van der Waals surface area contributed by atoms with Gasteiger partial charge in [-0.1, -0.05) is 34.6 Å². The number of aliphatic hydroxyl groups is 1. The highest BCUT2D eigenvalue weighted by Gasteiger charge is 2.26. The van der Waals surface area contributed by atoms with Crippen LogP contribution in [0, 0.1) is 17.3 Å². The van der Waals surface area contributed by atoms with Crippen molar-refractivity contribution < 1.29 is 19.8 Å². The molecular formula is C13H25NO4. The number of nitrogens with one attached hydrogen (secondary N) is 1. The highest BCUT2D eigenvalue weighted by atomic mass is 16.4. The van der Waals surface area contributed by atoms with Gasteiger partial charge in [-0.05, 0) is 11.8 Å². The molecule has 106 valence electrons. The Morgan fingerprint density at radius 2 is 1.67 bits per heavy atom. The van der Waals surface area contributed by atoms with Crippen LogP contribution in [0.1, 0.15) is 41.0 Å². The predicted molar refractivity (Wildman–Crippen MR) is 69.1 cm³/mol. The van der Waals surface area contributed by atoms with Crippen molar-refractivity contribution in [1.29, 1.82) is 0 Å². The molecule has 0 aromatic carbocycles. The molecule has 0 aromatic heterocycles. The number of carbonyl (C=O) groups is 2. The van der Waals surface area contributed by atoms with Crippen molar-refractivity contribution in [1.82, 2.24) is 5.32 Å². The van der Waals surface area contributed by atoms with E-state index in [2.05, 4.69) is 5.32 Å². The van der Waals surface area contributed by atoms with Crippen LogP contribution in [0.3, 0.4) is 0 Å². The zero-order chi connectivity index (χ0) is 14.5. The molecule has 0 aliphatic carbocycles. The maximum atomic E-state index is 11.7. The lowest BCUT2D eigenvalue weighted by Gasteiger charge is -2.23. The molecule has 1 amide bonds. The zero-order valence-electron chi connectivity index (χ0n) is 11.9. The summed E-state index contributed by atoms with van der Waals surface area (Å²) in [5.41, 5.74) is -0.00981. The second kappa shape index (κ2) is 6.73. The number of aliphatic hydroxyl groups excluding tert-OH is 1. The number of amides is 1. The number of hydrogen-bond donors (Lipinski definition) is 3. The van der Waals surface area contributed by atoms with Gasteiger partial charge in [0.2, 0.25) is 5.91 Å². The van der Waals surface area contributed by atoms with Crippen molar-refractivity contribution >= 4 is 11.9 Å². The molecule has 0 aliphatic rings. The molecule has 0 radical (unpaired) electrons. The number of carboxylic acid groups (broad SMARTS) is 1. The van der Waals surface area contributed by atoms with E-state index in [1.165, 1.54) is 6.92 Å². The van der Waals surface area contributed by atoms with Gasteiger partial charge in [0.15, 0.2) is 0 Å². The zero-order valence-corrected chi connectivity index (χ0v) is 11.9. The van der Waals surface area contributed by atoms with E-state index in [4.69, 9.17) is 5.11 Å². The lowest BCUT2D eigenvalue weighted by Crippen LogP contribution is -2.39. The lowest BCUT2D eigenvalue weighted by molar-refractivity contribution is -0.146. The summed E-state index contributed by atoms with van der Waals surface area (Å²) in [7, 11) is 0. The Labute approximate surface area is 109 Å². The molecule has 5 nitrogen and oxygen atoms in total. The van der Waals surface area contributed by atoms with Gasteiger partial charge >= 0.3 is 5.97 Å². The fraction of sp³-hybridized carbons (Fsp3) is 0.846. The van der Waals surface area contributed by atoms with Crippen LogP contribution in [0.4, 0.5) is 0 Å². The van der Waals surface area contributed by atoms with Crippen LogP contribution in [0.15, 0.2) is 0 Å². The van der Waals surface area contributed by atoms with Crippen LogP contribution in [0.25, 0.3) is 0 Å². The third kappa shape index (κ3) is 6.59. The maximum absolute atomic E-state index is 11.7. The van der Waals surface area contributed by atoms with Crippen molar-refractivity contribution in [3.05, 3.63) is 0 Å². The topological polar surface area (TPSA) is 86.6 Å². The van der Waals surface area contributed by atoms with E-state index in [-0.39, 0.29) is 17.9 Å². The van der Waals surface area contributed by atoms with Crippen LogP contribution >= 0.6 is 0 Å². The Hall–Kier alpha value is -1.10. The summed E-state index contributed by atoms with van der Waals surface area (Å²) in [4.78, 5) is 22.4. The Kier molecular flexibility index (Phi) is 6.32. The molecule has 0 saturated carbocycles. The number of hydrogen-bond acceptors (Lipinski definition) is 3. The van der Waals surface area contributed by atoms with E-state index >= 15 is 0 Å². The van der Waals surface area contributed by atoms with Crippen molar-refractivity contribution in [3.63, 3.8) is 0 Å². The molecule has 0 saturated heterocycles. The van der Waals surface area contributed by atoms with Gasteiger partial charge in [-0.15, -0.1) is 0 Å². The number of aliphatic carboxylic acids is 1. The first-order valence-corrected chi connectivity index (χ1v) is 6.23. The minimum Gasteiger partial charge on any atom is -0.481 e. The molecule has 3 atom stereocenters. The van der Waals surface area contributed by atoms with Gasteiger partial charge in [-0.3, -0.25) is 9.59 Å². The van der Waals surface area contributed by atoms with Gasteiger partial charge in [0, 0.05) is 12.5 Å². The largest absolute Gasteiger partial charge is 0.481 e. The van der Waals surface area contributed by atoms with Crippen LogP contribution in [-0.4, -0.2) is 34.7 Å². The van der Waals surface area contributed by atoms with Gasteiger partial charge in [0.25, 0.3) is 0 Å². The van der Waals surface area contributed by atoms with E-state index in [1.54, 1.807) is 6.92 Å². The predicted octanol–water partition coefficient (Wildman–Crippen LogP) is 1.26. The average molecular weight is 259 g/mol. The number of rotatable bonds is 6. The SMILES string of the molecule is CC(C(=O)O)C(C)C(=O)NCC(O)CC(C)(C)C. The molecular weight excluding hydrogens is 234 g/mol. The van der Waals surface area contributed by atoms with Crippen molar-refractivity contribution in [3.8, 4) is 0 Å². The number of carboxylic acids is 1. The summed E-state index contributed by atoms with van der Waals surface area (Å²) >= 11 is 0. The highest BCUT2D eigenvalue weighted by Crippen LogP contribution is 2.20. The van der Waals surface area contributed by atoms with Gasteiger partial charge in [-0.25, -0.2) is 0 Å². The van der Waals surface area contributed by atoms with E-state index in [0.717, 1.165) is 0 Å². The lowest BCUT2D eigenvalue weighted by atomic mass is 9.89. The second-order valence-corrected chi connectivity index (χ2v) is 6.08. The first-order valence-electron chi connectivity index (χ1n) is 6.23. The maximum Gasteiger partial charge on any atom is 0.307 e. The molecule has 0 spiro atoms. The Bertz CT molecular complexity index is 296. The molecule has 3 N–H and O–H groups in total. The minimum absolute atomic E-state index is 0.00981. The van der Waals surface area contributed by atoms with Gasteiger partial charge in [-0.2, -0.15) is 0 Å². The van der Waals surface area contributed by atoms with Gasteiger partial charge in [0.1, 0.15) is 0 Å². The smallest absolute Gasteiger partial charge is 0.307 e. The quantitative estimate of drug-likeness (QED) is 0.670. The summed E-state index contributed by atoms with van der Waals surface area (Å²) in [5.74, 6) is -2.67. The Morgan fingerprint density at radius 3 is 2.06 bits per heavy atom. The van der Waals surface area contributed by atoms with E-state index in [9.17, 15) is 14.7 Å². The monoisotopic (exact) mass is 259 g/mol. The third-order valence-electron chi connectivity index (χ3n) is 2.91. The van der Waals surface area contributed by atoms with Crippen molar-refractivity contribution in [2.75, 3.05) is 6.54 Å². The molecule has 0 aliphatic heterocycles. The third-order valence-corrected chi connectivity index (χ3v) is 2.91. The first-order chi connectivity index (χ1) is 8.04. The summed E-state index contributed by atoms with van der Waals surface area (Å²) in [6.45, 7) is 9.25. The fourth-order valence-corrected chi connectivity index (χ4v) is 1.60. The molecule has 3 unspecified atom stereocenters. The summed E-state index contributed by atoms with van der Waals surface area (Å²) < 4.78 is 0. The van der Waals surface area contributed by atoms with Gasteiger partial charge in [0.05, 0.1) is 12.0 Å². The normalized spacial score (nSPS) is 16.8. The van der Waals surface area contributed by atoms with Crippen LogP contribution in [0.2, 0.25) is 0 Å². The summed E-state index contributed by atoms with van der Waals surface area (Å²) in [5, 5.41) is 21.1. The standard InChI is InChI=1S/C13H25NO4/c1-8(9(2)12(17)18)11(16)14-7-10(15)6-13(3,4)5/h8-10,15H,6-7H2,1-5H3,(H,14,16)(H,17,18).